The predicted molar refractivity (Wildman–Crippen MR) is 64.5 cm³/mol. The lowest BCUT2D eigenvalue weighted by Crippen LogP contribution is -1.94. The fraction of sp³-hybridized carbons (Fsp3) is 0.385. The van der Waals surface area contributed by atoms with E-state index in [1.54, 1.807) is 6.92 Å². The van der Waals surface area contributed by atoms with Gasteiger partial charge in [-0.25, -0.2) is 4.98 Å². The molecule has 1 heterocycles. The zero-order valence-electron chi connectivity index (χ0n) is 9.95. The van der Waals surface area contributed by atoms with E-state index < -0.39 is 0 Å². The molecule has 1 aromatic carbocycles. The van der Waals surface area contributed by atoms with Gasteiger partial charge < -0.3 is 9.36 Å². The molecular formula is C13H16N2O. The van der Waals surface area contributed by atoms with Crippen molar-refractivity contribution >= 4 is 16.8 Å². The van der Waals surface area contributed by atoms with Crippen LogP contribution in [0.2, 0.25) is 0 Å². The number of carbonyl (C=O) groups excluding carboxylic acids is 1. The average Bonchev–Trinajstić information content (AvgIpc) is 2.52. The van der Waals surface area contributed by atoms with Gasteiger partial charge in [-0.15, -0.1) is 0 Å². The van der Waals surface area contributed by atoms with E-state index >= 15 is 0 Å². The maximum atomic E-state index is 10.9. The van der Waals surface area contributed by atoms with Gasteiger partial charge in [0.15, 0.2) is 0 Å². The number of Topliss-reactive ketones (excluding diaryl/α,β-unsaturated/α-hetero) is 1. The van der Waals surface area contributed by atoms with Gasteiger partial charge in [0, 0.05) is 13.5 Å². The van der Waals surface area contributed by atoms with Gasteiger partial charge in [-0.05, 0) is 38.0 Å². The molecule has 0 saturated heterocycles. The van der Waals surface area contributed by atoms with E-state index in [1.165, 1.54) is 5.56 Å². The smallest absolute Gasteiger partial charge is 0.130 e. The number of nitrogens with zero attached hydrogens (tertiary/aromatic N) is 2. The Morgan fingerprint density at radius 1 is 1.44 bits per heavy atom. The molecule has 84 valence electrons. The van der Waals surface area contributed by atoms with Crippen LogP contribution in [0.15, 0.2) is 18.2 Å². The SMILES string of the molecule is CC(=O)CCc1ccc2c(c1)nc(C)n2C. The second kappa shape index (κ2) is 4.08. The number of aromatic nitrogens is 2. The van der Waals surface area contributed by atoms with Gasteiger partial charge >= 0.3 is 0 Å². The Balaban J connectivity index is 2.33. The normalized spacial score (nSPS) is 10.9. The summed E-state index contributed by atoms with van der Waals surface area (Å²) in [7, 11) is 2.01. The molecule has 0 atom stereocenters. The number of carbonyl (C=O) groups is 1. The Bertz CT molecular complexity index is 540. The first-order chi connectivity index (χ1) is 7.58. The van der Waals surface area contributed by atoms with E-state index in [4.69, 9.17) is 0 Å². The van der Waals surface area contributed by atoms with Crippen LogP contribution >= 0.6 is 0 Å². The Morgan fingerprint density at radius 2 is 2.19 bits per heavy atom. The first-order valence-corrected chi connectivity index (χ1v) is 5.49. The van der Waals surface area contributed by atoms with E-state index in [0.29, 0.717) is 6.42 Å². The van der Waals surface area contributed by atoms with Crippen LogP contribution in [0.1, 0.15) is 24.7 Å². The molecule has 0 radical (unpaired) electrons. The zero-order chi connectivity index (χ0) is 11.7. The van der Waals surface area contributed by atoms with Crippen LogP contribution < -0.4 is 0 Å². The molecule has 0 unspecified atom stereocenters. The highest BCUT2D eigenvalue weighted by Gasteiger charge is 2.05. The number of aryl methyl sites for hydroxylation is 3. The fourth-order valence-corrected chi connectivity index (χ4v) is 1.84. The molecular weight excluding hydrogens is 200 g/mol. The van der Waals surface area contributed by atoms with Gasteiger partial charge in [-0.1, -0.05) is 6.07 Å². The minimum atomic E-state index is 0.234. The Morgan fingerprint density at radius 3 is 2.88 bits per heavy atom. The molecule has 0 aliphatic rings. The Kier molecular flexibility index (Phi) is 2.77. The summed E-state index contributed by atoms with van der Waals surface area (Å²) in [6.45, 7) is 3.62. The molecule has 0 fully saturated rings. The second-order valence-corrected chi connectivity index (χ2v) is 4.24. The Labute approximate surface area is 95.1 Å². The number of fused-ring (bicyclic) bond motifs is 1. The molecule has 0 spiro atoms. The third kappa shape index (κ3) is 1.98. The quantitative estimate of drug-likeness (QED) is 0.789. The van der Waals surface area contributed by atoms with Crippen molar-refractivity contribution in [3.8, 4) is 0 Å². The van der Waals surface area contributed by atoms with Gasteiger partial charge in [-0.2, -0.15) is 0 Å². The van der Waals surface area contributed by atoms with Gasteiger partial charge in [-0.3, -0.25) is 0 Å². The molecule has 0 amide bonds. The molecule has 0 bridgehead atoms. The topological polar surface area (TPSA) is 34.9 Å². The molecule has 0 aliphatic heterocycles. The minimum absolute atomic E-state index is 0.234. The maximum absolute atomic E-state index is 10.9. The van der Waals surface area contributed by atoms with Crippen molar-refractivity contribution in [3.05, 3.63) is 29.6 Å². The molecule has 0 aliphatic carbocycles. The monoisotopic (exact) mass is 216 g/mol. The minimum Gasteiger partial charge on any atom is -0.331 e. The van der Waals surface area contributed by atoms with E-state index in [0.717, 1.165) is 23.3 Å². The lowest BCUT2D eigenvalue weighted by molar-refractivity contribution is -0.116. The first-order valence-electron chi connectivity index (χ1n) is 5.49. The summed E-state index contributed by atoms with van der Waals surface area (Å²) in [4.78, 5) is 15.4. The van der Waals surface area contributed by atoms with Crippen molar-refractivity contribution in [3.63, 3.8) is 0 Å². The highest BCUT2D eigenvalue weighted by Crippen LogP contribution is 2.17. The summed E-state index contributed by atoms with van der Waals surface area (Å²) in [5, 5.41) is 0. The van der Waals surface area contributed by atoms with Crippen molar-refractivity contribution in [1.82, 2.24) is 9.55 Å². The Hall–Kier alpha value is -1.64. The summed E-state index contributed by atoms with van der Waals surface area (Å²) >= 11 is 0. The van der Waals surface area contributed by atoms with Crippen molar-refractivity contribution < 1.29 is 4.79 Å². The zero-order valence-corrected chi connectivity index (χ0v) is 9.95. The van der Waals surface area contributed by atoms with Crippen LogP contribution in [-0.2, 0) is 18.3 Å². The van der Waals surface area contributed by atoms with E-state index in [2.05, 4.69) is 27.8 Å². The van der Waals surface area contributed by atoms with Crippen LogP contribution in [0.5, 0.6) is 0 Å². The van der Waals surface area contributed by atoms with Gasteiger partial charge in [0.25, 0.3) is 0 Å². The maximum Gasteiger partial charge on any atom is 0.130 e. The van der Waals surface area contributed by atoms with Crippen molar-refractivity contribution in [1.29, 1.82) is 0 Å². The molecule has 16 heavy (non-hydrogen) atoms. The number of rotatable bonds is 3. The summed E-state index contributed by atoms with van der Waals surface area (Å²) < 4.78 is 2.07. The lowest BCUT2D eigenvalue weighted by atomic mass is 10.1. The number of benzene rings is 1. The van der Waals surface area contributed by atoms with Gasteiger partial charge in [0.05, 0.1) is 11.0 Å². The first kappa shape index (κ1) is 10.9. The van der Waals surface area contributed by atoms with Crippen LogP contribution in [0.25, 0.3) is 11.0 Å². The third-order valence-electron chi connectivity index (χ3n) is 2.93. The third-order valence-corrected chi connectivity index (χ3v) is 2.93. The second-order valence-electron chi connectivity index (χ2n) is 4.24. The highest BCUT2D eigenvalue weighted by atomic mass is 16.1. The van der Waals surface area contributed by atoms with Crippen molar-refractivity contribution in [2.24, 2.45) is 7.05 Å². The number of ketones is 1. The predicted octanol–water partition coefficient (Wildman–Crippen LogP) is 2.40. The molecule has 3 heteroatoms. The van der Waals surface area contributed by atoms with Crippen LogP contribution in [-0.4, -0.2) is 15.3 Å². The number of hydrogen-bond acceptors (Lipinski definition) is 2. The molecule has 3 nitrogen and oxygen atoms in total. The van der Waals surface area contributed by atoms with Crippen molar-refractivity contribution in [2.45, 2.75) is 26.7 Å². The van der Waals surface area contributed by atoms with E-state index in [1.807, 2.05) is 14.0 Å². The molecule has 2 rings (SSSR count). The standard InChI is InChI=1S/C13H16N2O/c1-9(16)4-5-11-6-7-13-12(8-11)14-10(2)15(13)3/h6-8H,4-5H2,1-3H3. The molecule has 2 aromatic rings. The van der Waals surface area contributed by atoms with Gasteiger partial charge in [0.1, 0.15) is 11.6 Å². The van der Waals surface area contributed by atoms with Crippen LogP contribution in [0, 0.1) is 6.92 Å². The summed E-state index contributed by atoms with van der Waals surface area (Å²) in [6.07, 6.45) is 1.41. The van der Waals surface area contributed by atoms with E-state index in [-0.39, 0.29) is 5.78 Å². The molecule has 0 saturated carbocycles. The molecule has 0 N–H and O–H groups in total. The average molecular weight is 216 g/mol. The van der Waals surface area contributed by atoms with Crippen molar-refractivity contribution in [2.75, 3.05) is 0 Å². The largest absolute Gasteiger partial charge is 0.331 e. The highest BCUT2D eigenvalue weighted by molar-refractivity contribution is 5.78. The fourth-order valence-electron chi connectivity index (χ4n) is 1.84. The summed E-state index contributed by atoms with van der Waals surface area (Å²) in [6, 6.07) is 6.22. The van der Waals surface area contributed by atoms with Crippen LogP contribution in [0.3, 0.4) is 0 Å². The van der Waals surface area contributed by atoms with Crippen LogP contribution in [0.4, 0.5) is 0 Å². The summed E-state index contributed by atoms with van der Waals surface area (Å²) in [5.74, 6) is 1.25. The molecule has 1 aromatic heterocycles. The van der Waals surface area contributed by atoms with E-state index in [9.17, 15) is 4.79 Å². The summed E-state index contributed by atoms with van der Waals surface area (Å²) in [5.41, 5.74) is 3.34. The lowest BCUT2D eigenvalue weighted by Gasteiger charge is -2.00. The van der Waals surface area contributed by atoms with Gasteiger partial charge in [0.2, 0.25) is 0 Å². The number of hydrogen-bond donors (Lipinski definition) is 0. The number of imidazole rings is 1.